The van der Waals surface area contributed by atoms with E-state index in [1.54, 1.807) is 0 Å². The molecule has 17 heavy (non-hydrogen) atoms. The first-order chi connectivity index (χ1) is 7.39. The van der Waals surface area contributed by atoms with Crippen LogP contribution in [0.4, 0.5) is 0 Å². The molecule has 0 aliphatic rings. The Bertz CT molecular complexity index is 223. The van der Waals surface area contributed by atoms with E-state index in [1.807, 2.05) is 0 Å². The van der Waals surface area contributed by atoms with Gasteiger partial charge in [0.15, 0.2) is 8.32 Å². The Morgan fingerprint density at radius 3 is 1.82 bits per heavy atom. The van der Waals surface area contributed by atoms with Crippen LogP contribution in [0.3, 0.4) is 0 Å². The lowest BCUT2D eigenvalue weighted by Gasteiger charge is -2.37. The van der Waals surface area contributed by atoms with Gasteiger partial charge in [-0.3, -0.25) is 0 Å². The molecule has 0 saturated heterocycles. The van der Waals surface area contributed by atoms with Crippen molar-refractivity contribution in [2.24, 2.45) is 11.3 Å². The molecule has 0 radical (unpaired) electrons. The summed E-state index contributed by atoms with van der Waals surface area (Å²) in [5.74, 6) is 0.268. The summed E-state index contributed by atoms with van der Waals surface area (Å²) in [5, 5.41) is 9.67. The summed E-state index contributed by atoms with van der Waals surface area (Å²) in [5.41, 5.74) is 0.254. The number of aliphatic hydroxyl groups is 1. The quantitative estimate of drug-likeness (QED) is 0.756. The second-order valence-electron chi connectivity index (χ2n) is 7.88. The number of rotatable bonds is 5. The summed E-state index contributed by atoms with van der Waals surface area (Å²) in [6.45, 7) is 18.8. The summed E-state index contributed by atoms with van der Waals surface area (Å²) in [7, 11) is -1.67. The lowest BCUT2D eigenvalue weighted by Crippen LogP contribution is -2.42. The summed E-state index contributed by atoms with van der Waals surface area (Å²) in [6, 6.07) is 0. The van der Waals surface area contributed by atoms with Gasteiger partial charge in [-0.1, -0.05) is 41.5 Å². The highest BCUT2D eigenvalue weighted by Gasteiger charge is 2.37. The van der Waals surface area contributed by atoms with E-state index < -0.39 is 8.32 Å². The van der Waals surface area contributed by atoms with Gasteiger partial charge >= 0.3 is 0 Å². The molecule has 0 fully saturated rings. The van der Waals surface area contributed by atoms with E-state index in [1.165, 1.54) is 0 Å². The highest BCUT2D eigenvalue weighted by Crippen LogP contribution is 2.37. The van der Waals surface area contributed by atoms with Gasteiger partial charge in [-0.25, -0.2) is 0 Å². The van der Waals surface area contributed by atoms with Gasteiger partial charge in [0.1, 0.15) is 0 Å². The second kappa shape index (κ2) is 5.85. The Morgan fingerprint density at radius 1 is 1.06 bits per heavy atom. The van der Waals surface area contributed by atoms with Crippen LogP contribution in [0.25, 0.3) is 0 Å². The van der Waals surface area contributed by atoms with Crippen LogP contribution in [-0.4, -0.2) is 26.6 Å². The molecule has 0 aliphatic heterocycles. The van der Waals surface area contributed by atoms with Crippen LogP contribution >= 0.6 is 0 Å². The lowest BCUT2D eigenvalue weighted by atomic mass is 9.85. The molecular formula is C14H32O2Si. The van der Waals surface area contributed by atoms with E-state index in [4.69, 9.17) is 4.43 Å². The molecule has 0 saturated carbocycles. The SMILES string of the molecule is CC(C)(C)CC(CO)CO[Si](C)(C)C(C)(C)C. The second-order valence-corrected chi connectivity index (χ2v) is 12.7. The largest absolute Gasteiger partial charge is 0.416 e. The fraction of sp³-hybridized carbons (Fsp3) is 1.00. The van der Waals surface area contributed by atoms with Gasteiger partial charge in [0.05, 0.1) is 0 Å². The van der Waals surface area contributed by atoms with Crippen LogP contribution in [-0.2, 0) is 4.43 Å². The number of hydrogen-bond acceptors (Lipinski definition) is 2. The molecule has 0 aliphatic carbocycles. The molecule has 2 nitrogen and oxygen atoms in total. The van der Waals surface area contributed by atoms with Gasteiger partial charge in [-0.2, -0.15) is 0 Å². The molecule has 1 atom stereocenters. The Kier molecular flexibility index (Phi) is 5.90. The van der Waals surface area contributed by atoms with Crippen molar-refractivity contribution in [1.82, 2.24) is 0 Å². The minimum absolute atomic E-state index is 0.228. The predicted octanol–water partition coefficient (Wildman–Crippen LogP) is 4.05. The topological polar surface area (TPSA) is 29.5 Å². The molecule has 3 heteroatoms. The Hall–Kier alpha value is 0.137. The van der Waals surface area contributed by atoms with Gasteiger partial charge in [0.2, 0.25) is 0 Å². The van der Waals surface area contributed by atoms with Crippen molar-refractivity contribution in [3.05, 3.63) is 0 Å². The Balaban J connectivity index is 4.34. The third kappa shape index (κ3) is 6.58. The average Bonchev–Trinajstić information content (AvgIpc) is 2.08. The summed E-state index contributed by atoms with van der Waals surface area (Å²) >= 11 is 0. The molecule has 0 amide bonds. The van der Waals surface area contributed by atoms with Crippen LogP contribution in [0.1, 0.15) is 48.0 Å². The minimum atomic E-state index is -1.67. The summed E-state index contributed by atoms with van der Waals surface area (Å²) < 4.78 is 6.17. The summed E-state index contributed by atoms with van der Waals surface area (Å²) in [6.07, 6.45) is 1.01. The van der Waals surface area contributed by atoms with Crippen molar-refractivity contribution in [3.8, 4) is 0 Å². The zero-order chi connectivity index (χ0) is 13.9. The highest BCUT2D eigenvalue weighted by atomic mass is 28.4. The van der Waals surface area contributed by atoms with Gasteiger partial charge in [-0.15, -0.1) is 0 Å². The molecule has 0 aromatic heterocycles. The van der Waals surface area contributed by atoms with Crippen molar-refractivity contribution in [2.75, 3.05) is 13.2 Å². The highest BCUT2D eigenvalue weighted by molar-refractivity contribution is 6.74. The molecule has 0 aromatic rings. The molecule has 104 valence electrons. The molecular weight excluding hydrogens is 228 g/mol. The maximum atomic E-state index is 9.42. The van der Waals surface area contributed by atoms with Gasteiger partial charge in [0.25, 0.3) is 0 Å². The summed E-state index contributed by atoms with van der Waals surface area (Å²) in [4.78, 5) is 0. The maximum absolute atomic E-state index is 9.42. The van der Waals surface area contributed by atoms with Crippen molar-refractivity contribution in [1.29, 1.82) is 0 Å². The lowest BCUT2D eigenvalue weighted by molar-refractivity contribution is 0.119. The molecule has 0 heterocycles. The first-order valence-corrected chi connectivity index (χ1v) is 9.55. The maximum Gasteiger partial charge on any atom is 0.191 e. The zero-order valence-corrected chi connectivity index (χ0v) is 14.1. The van der Waals surface area contributed by atoms with Crippen molar-refractivity contribution >= 4 is 8.32 Å². The molecule has 0 aromatic carbocycles. The molecule has 0 bridgehead atoms. The normalized spacial score (nSPS) is 16.1. The standard InChI is InChI=1S/C14H32O2Si/c1-13(2,3)9-12(10-15)11-16-17(7,8)14(4,5)6/h12,15H,9-11H2,1-8H3. The van der Waals surface area contributed by atoms with Crippen LogP contribution in [0.5, 0.6) is 0 Å². The van der Waals surface area contributed by atoms with Crippen molar-refractivity contribution in [2.45, 2.75) is 66.1 Å². The fourth-order valence-electron chi connectivity index (χ4n) is 1.58. The first kappa shape index (κ1) is 17.1. The zero-order valence-electron chi connectivity index (χ0n) is 13.1. The van der Waals surface area contributed by atoms with Gasteiger partial charge in [0, 0.05) is 19.1 Å². The van der Waals surface area contributed by atoms with E-state index in [9.17, 15) is 5.11 Å². The number of aliphatic hydroxyl groups excluding tert-OH is 1. The van der Waals surface area contributed by atoms with E-state index in [0.717, 1.165) is 6.42 Å². The van der Waals surface area contributed by atoms with Crippen molar-refractivity contribution < 1.29 is 9.53 Å². The fourth-order valence-corrected chi connectivity index (χ4v) is 2.67. The van der Waals surface area contributed by atoms with Crippen molar-refractivity contribution in [3.63, 3.8) is 0 Å². The van der Waals surface area contributed by atoms with E-state index in [0.29, 0.717) is 6.61 Å². The minimum Gasteiger partial charge on any atom is -0.416 e. The van der Waals surface area contributed by atoms with Crippen LogP contribution in [0.15, 0.2) is 0 Å². The van der Waals surface area contributed by atoms with Gasteiger partial charge in [-0.05, 0) is 30.0 Å². The van der Waals surface area contributed by atoms with E-state index >= 15 is 0 Å². The molecule has 0 rings (SSSR count). The average molecular weight is 260 g/mol. The van der Waals surface area contributed by atoms with E-state index in [-0.39, 0.29) is 23.0 Å². The van der Waals surface area contributed by atoms with Crippen LogP contribution in [0, 0.1) is 11.3 Å². The molecule has 0 spiro atoms. The first-order valence-electron chi connectivity index (χ1n) is 6.64. The smallest absolute Gasteiger partial charge is 0.191 e. The monoisotopic (exact) mass is 260 g/mol. The van der Waals surface area contributed by atoms with E-state index in [2.05, 4.69) is 54.6 Å². The van der Waals surface area contributed by atoms with Crippen LogP contribution in [0.2, 0.25) is 18.1 Å². The Labute approximate surface area is 109 Å². The van der Waals surface area contributed by atoms with Gasteiger partial charge < -0.3 is 9.53 Å². The molecule has 1 N–H and O–H groups in total. The Morgan fingerprint density at radius 2 is 1.53 bits per heavy atom. The number of hydrogen-bond donors (Lipinski definition) is 1. The predicted molar refractivity (Wildman–Crippen MR) is 77.8 cm³/mol. The third-order valence-electron chi connectivity index (χ3n) is 3.65. The molecule has 1 unspecified atom stereocenters. The van der Waals surface area contributed by atoms with Crippen LogP contribution < -0.4 is 0 Å². The third-order valence-corrected chi connectivity index (χ3v) is 8.15.